The zero-order chi connectivity index (χ0) is 39.3. The minimum Gasteiger partial charge on any atom is -0.376 e. The zero-order valence-corrected chi connectivity index (χ0v) is 34.7. The van der Waals surface area contributed by atoms with Gasteiger partial charge in [0.25, 0.3) is 0 Å². The van der Waals surface area contributed by atoms with Crippen LogP contribution in [0.3, 0.4) is 0 Å². The van der Waals surface area contributed by atoms with E-state index < -0.39 is 0 Å². The molecule has 3 aliphatic heterocycles. The Hall–Kier alpha value is -5.80. The Labute approximate surface area is 338 Å². The van der Waals surface area contributed by atoms with E-state index in [9.17, 15) is 0 Å². The molecule has 3 heteroatoms. The number of rotatable bonds is 2. The van der Waals surface area contributed by atoms with Crippen LogP contribution in [0.15, 0.2) is 133 Å². The molecule has 0 saturated carbocycles. The molecular weight excluding hydrogens is 687 g/mol. The van der Waals surface area contributed by atoms with Crippen LogP contribution < -0.4 is 20.6 Å². The van der Waals surface area contributed by atoms with E-state index in [-0.39, 0.29) is 23.1 Å². The van der Waals surface area contributed by atoms with Crippen molar-refractivity contribution in [3.8, 4) is 33.4 Å². The van der Waals surface area contributed by atoms with E-state index in [1.165, 1.54) is 112 Å². The Bertz CT molecular complexity index is 2850. The first kappa shape index (κ1) is 34.5. The van der Waals surface area contributed by atoms with E-state index in [2.05, 4.69) is 205 Å². The summed E-state index contributed by atoms with van der Waals surface area (Å²) in [5.74, 6) is 0. The second-order valence-corrected chi connectivity index (χ2v) is 19.1. The lowest BCUT2D eigenvalue weighted by Crippen LogP contribution is -2.62. The molecule has 7 aromatic rings. The summed E-state index contributed by atoms with van der Waals surface area (Å²) >= 11 is 0. The quantitative estimate of drug-likeness (QED) is 0.163. The second-order valence-electron chi connectivity index (χ2n) is 19.1. The van der Waals surface area contributed by atoms with Gasteiger partial charge in [-0.15, -0.1) is 0 Å². The predicted molar refractivity (Wildman–Crippen MR) is 243 cm³/mol. The Kier molecular flexibility index (Phi) is 6.90. The molecule has 0 amide bonds. The molecule has 0 fully saturated rings. The van der Waals surface area contributed by atoms with Crippen LogP contribution >= 0.6 is 0 Å². The predicted octanol–water partition coefficient (Wildman–Crippen LogP) is 12.9. The van der Waals surface area contributed by atoms with Crippen molar-refractivity contribution >= 4 is 46.2 Å². The van der Waals surface area contributed by atoms with Crippen LogP contribution in [0.1, 0.15) is 87.4 Å². The van der Waals surface area contributed by atoms with Gasteiger partial charge in [-0.2, -0.15) is 0 Å². The summed E-state index contributed by atoms with van der Waals surface area (Å²) in [6, 6.07) is 51.7. The number of benzene rings is 7. The SMILES string of the molecule is Cc1cccc(C)c1-c1cc2c3c(c1)N1c4ccccc4C(C)(C)c4cccc(c41)B3N(c1ccc(C(C)(C)C)cc1)c1cc3c(cc1-2)C(C)(C)c1ccccc1-3. The lowest BCUT2D eigenvalue weighted by Gasteiger charge is -2.50. The van der Waals surface area contributed by atoms with E-state index in [1.807, 2.05) is 0 Å². The van der Waals surface area contributed by atoms with Gasteiger partial charge in [0.1, 0.15) is 0 Å². The molecule has 278 valence electrons. The monoisotopic (exact) mass is 736 g/mol. The van der Waals surface area contributed by atoms with E-state index in [0.29, 0.717) is 0 Å². The van der Waals surface area contributed by atoms with Gasteiger partial charge in [0.2, 0.25) is 0 Å². The summed E-state index contributed by atoms with van der Waals surface area (Å²) in [7, 11) is 0. The van der Waals surface area contributed by atoms with Crippen molar-refractivity contribution in [2.45, 2.75) is 78.6 Å². The van der Waals surface area contributed by atoms with Gasteiger partial charge in [-0.25, -0.2) is 0 Å². The fraction of sp³-hybridized carbons (Fsp3) is 0.222. The van der Waals surface area contributed by atoms with Crippen LogP contribution in [0, 0.1) is 13.8 Å². The van der Waals surface area contributed by atoms with Crippen LogP contribution in [-0.2, 0) is 16.2 Å². The van der Waals surface area contributed by atoms with Gasteiger partial charge in [0, 0.05) is 39.1 Å². The fourth-order valence-electron chi connectivity index (χ4n) is 11.1. The van der Waals surface area contributed by atoms with Gasteiger partial charge in [-0.3, -0.25) is 0 Å². The number of fused-ring (bicyclic) bond motifs is 9. The van der Waals surface area contributed by atoms with E-state index >= 15 is 0 Å². The molecular formula is C54H49BN2. The first-order chi connectivity index (χ1) is 27.3. The van der Waals surface area contributed by atoms with Crippen molar-refractivity contribution in [1.82, 2.24) is 0 Å². The van der Waals surface area contributed by atoms with Crippen molar-refractivity contribution in [2.24, 2.45) is 0 Å². The van der Waals surface area contributed by atoms with Crippen molar-refractivity contribution in [1.29, 1.82) is 0 Å². The number of aryl methyl sites for hydroxylation is 2. The summed E-state index contributed by atoms with van der Waals surface area (Å²) in [5.41, 5.74) is 26.3. The van der Waals surface area contributed by atoms with Crippen LogP contribution in [0.25, 0.3) is 33.4 Å². The van der Waals surface area contributed by atoms with Gasteiger partial charge in [0.05, 0.1) is 5.69 Å². The first-order valence-corrected chi connectivity index (χ1v) is 20.7. The molecule has 0 unspecified atom stereocenters. The van der Waals surface area contributed by atoms with Crippen LogP contribution in [0.5, 0.6) is 0 Å². The molecule has 0 atom stereocenters. The number of nitrogens with zero attached hydrogens (tertiary/aromatic N) is 2. The third kappa shape index (κ3) is 4.55. The molecule has 0 aromatic heterocycles. The maximum absolute atomic E-state index is 2.70. The highest BCUT2D eigenvalue weighted by Crippen LogP contribution is 2.58. The molecule has 0 N–H and O–H groups in total. The summed E-state index contributed by atoms with van der Waals surface area (Å²) in [6.45, 7) is 21.1. The summed E-state index contributed by atoms with van der Waals surface area (Å²) in [4.78, 5) is 5.33. The van der Waals surface area contributed by atoms with Gasteiger partial charge < -0.3 is 9.71 Å². The Morgan fingerprint density at radius 3 is 1.89 bits per heavy atom. The molecule has 0 radical (unpaired) electrons. The third-order valence-corrected chi connectivity index (χ3v) is 14.0. The molecule has 0 spiro atoms. The lowest BCUT2D eigenvalue weighted by atomic mass is 9.42. The van der Waals surface area contributed by atoms with Crippen molar-refractivity contribution in [3.05, 3.63) is 172 Å². The minimum absolute atomic E-state index is 0.0371. The standard InChI is InChI=1S/C54H49BN2/c1-32-16-14-17-33(2)49(32)34-28-40-39-30-44-38(37-18-10-11-19-41(37)53(44,6)7)31-47(39)57(36-26-24-35(25-27-36)52(3,4)5)55-45-22-15-21-43-51(45)56(48(29-34)50(40)55)46-23-13-12-20-42(46)54(43,8)9/h10-31H,1-9H3. The third-order valence-electron chi connectivity index (χ3n) is 14.0. The molecule has 1 aliphatic carbocycles. The highest BCUT2D eigenvalue weighted by atomic mass is 15.2. The molecule has 4 aliphatic rings. The van der Waals surface area contributed by atoms with Gasteiger partial charge in [0.15, 0.2) is 0 Å². The molecule has 3 heterocycles. The summed E-state index contributed by atoms with van der Waals surface area (Å²) in [5, 5.41) is 0. The maximum Gasteiger partial charge on any atom is 0.333 e. The largest absolute Gasteiger partial charge is 0.376 e. The Morgan fingerprint density at radius 2 is 1.16 bits per heavy atom. The number of hydrogen-bond acceptors (Lipinski definition) is 2. The second kappa shape index (κ2) is 11.4. The average Bonchev–Trinajstić information content (AvgIpc) is 3.41. The zero-order valence-electron chi connectivity index (χ0n) is 34.7. The molecule has 2 nitrogen and oxygen atoms in total. The van der Waals surface area contributed by atoms with E-state index in [1.54, 1.807) is 0 Å². The number of anilines is 5. The Morgan fingerprint density at radius 1 is 0.509 bits per heavy atom. The van der Waals surface area contributed by atoms with E-state index in [0.717, 1.165) is 0 Å². The van der Waals surface area contributed by atoms with E-state index in [4.69, 9.17) is 0 Å². The van der Waals surface area contributed by atoms with Crippen LogP contribution in [0.2, 0.25) is 0 Å². The number of para-hydroxylation sites is 2. The number of hydrogen-bond donors (Lipinski definition) is 0. The fourth-order valence-corrected chi connectivity index (χ4v) is 11.1. The average molecular weight is 737 g/mol. The van der Waals surface area contributed by atoms with Gasteiger partial charge in [-0.05, 0) is 139 Å². The molecule has 7 aromatic carbocycles. The van der Waals surface area contributed by atoms with Gasteiger partial charge in [-0.1, -0.05) is 139 Å². The van der Waals surface area contributed by atoms with Gasteiger partial charge >= 0.3 is 6.85 Å². The normalized spacial score (nSPS) is 16.0. The van der Waals surface area contributed by atoms with Crippen LogP contribution in [-0.4, -0.2) is 6.85 Å². The maximum atomic E-state index is 2.70. The smallest absolute Gasteiger partial charge is 0.333 e. The molecule has 0 bridgehead atoms. The van der Waals surface area contributed by atoms with Crippen molar-refractivity contribution < 1.29 is 0 Å². The topological polar surface area (TPSA) is 6.48 Å². The highest BCUT2D eigenvalue weighted by Gasteiger charge is 2.50. The lowest BCUT2D eigenvalue weighted by molar-refractivity contribution is 0.590. The first-order valence-electron chi connectivity index (χ1n) is 20.7. The summed E-state index contributed by atoms with van der Waals surface area (Å²) in [6.07, 6.45) is 0. The van der Waals surface area contributed by atoms with Crippen molar-refractivity contribution in [3.63, 3.8) is 0 Å². The molecule has 0 saturated heterocycles. The van der Waals surface area contributed by atoms with Crippen molar-refractivity contribution in [2.75, 3.05) is 9.71 Å². The summed E-state index contributed by atoms with van der Waals surface area (Å²) < 4.78 is 0. The van der Waals surface area contributed by atoms with Crippen LogP contribution in [0.4, 0.5) is 28.4 Å². The molecule has 11 rings (SSSR count). The Balaban J connectivity index is 1.30. The molecule has 57 heavy (non-hydrogen) atoms. The minimum atomic E-state index is -0.176. The highest BCUT2D eigenvalue weighted by molar-refractivity contribution is 6.93.